The van der Waals surface area contributed by atoms with Crippen molar-refractivity contribution in [2.24, 2.45) is 35.8 Å². The fraction of sp³-hybridized carbons (Fsp3) is 0.560. The van der Waals surface area contributed by atoms with Crippen molar-refractivity contribution in [1.82, 2.24) is 28.9 Å². The summed E-state index contributed by atoms with van der Waals surface area (Å²) in [6, 6.07) is 12.0. The van der Waals surface area contributed by atoms with Crippen LogP contribution in [0.2, 0.25) is 0 Å². The Morgan fingerprint density at radius 1 is 0.683 bits per heavy atom. The molecule has 0 radical (unpaired) electrons. The Labute approximate surface area is 369 Å². The summed E-state index contributed by atoms with van der Waals surface area (Å²) >= 11 is 0. The average molecular weight is 856 g/mol. The largest absolute Gasteiger partial charge is 0.481 e. The van der Waals surface area contributed by atoms with E-state index in [9.17, 15) is 29.4 Å². The van der Waals surface area contributed by atoms with Crippen molar-refractivity contribution in [2.45, 2.75) is 117 Å². The number of nitrogens with one attached hydrogen (secondary N) is 1. The number of benzene rings is 2. The highest BCUT2D eigenvalue weighted by molar-refractivity contribution is 6.03. The molecule has 0 atom stereocenters. The molecule has 2 aromatic carbocycles. The molecule has 4 aromatic rings. The number of carbonyl (C=O) groups is 4. The smallest absolute Gasteiger partial charge is 0.309 e. The number of rotatable bonds is 13. The van der Waals surface area contributed by atoms with Crippen LogP contribution in [-0.4, -0.2) is 88.9 Å². The molecule has 13 nitrogen and oxygen atoms in total. The number of aliphatic carboxylic acids is 2. The Morgan fingerprint density at radius 3 is 1.86 bits per heavy atom. The van der Waals surface area contributed by atoms with Crippen molar-refractivity contribution in [3.05, 3.63) is 87.5 Å². The van der Waals surface area contributed by atoms with Crippen molar-refractivity contribution in [2.75, 3.05) is 31.5 Å². The van der Waals surface area contributed by atoms with Crippen LogP contribution in [0.25, 0.3) is 11.1 Å². The van der Waals surface area contributed by atoms with Crippen LogP contribution >= 0.6 is 0 Å². The lowest BCUT2D eigenvalue weighted by molar-refractivity contribution is -0.149. The number of amides is 1. The number of nitrogens with zero attached hydrogens (tertiary/aromatic N) is 6. The fourth-order valence-electron chi connectivity index (χ4n) is 13.3. The summed E-state index contributed by atoms with van der Waals surface area (Å²) in [5.74, 6) is -0.663. The standard InChI is InChI=1S/C50H61N7O6/c1-31-33(25-41(58)42-51-38-27-57(23-12-39(38)54(42)3)30-48-15-19-50(29-48,20-16-48)46(62)63)7-5-8-34(31)35-9-6-10-36(32(35)2)53-44(59)43-52-37-26-56(22-11-40(37)55(43)4)24-21-47-13-17-49(28-47,18-14-47)45(60)61/h5-10H,11-30H2,1-4H3,(H,53,59)(H,60,61)(H,62,63). The van der Waals surface area contributed by atoms with Gasteiger partial charge in [-0.15, -0.1) is 0 Å². The number of imidazole rings is 2. The predicted molar refractivity (Wildman–Crippen MR) is 238 cm³/mol. The summed E-state index contributed by atoms with van der Waals surface area (Å²) in [5.41, 5.74) is 8.84. The fourth-order valence-corrected chi connectivity index (χ4v) is 13.3. The van der Waals surface area contributed by atoms with Gasteiger partial charge in [0.15, 0.2) is 11.6 Å². The lowest BCUT2D eigenvalue weighted by atomic mass is 9.80. The van der Waals surface area contributed by atoms with E-state index >= 15 is 0 Å². The molecule has 3 N–H and O–H groups in total. The first-order valence-corrected chi connectivity index (χ1v) is 23.2. The summed E-state index contributed by atoms with van der Waals surface area (Å²) in [6.07, 6.45) is 11.6. The van der Waals surface area contributed by atoms with Gasteiger partial charge >= 0.3 is 11.9 Å². The number of carbonyl (C=O) groups excluding carboxylic acids is 2. The Hall–Kier alpha value is -5.14. The van der Waals surface area contributed by atoms with E-state index in [1.54, 1.807) is 0 Å². The molecule has 4 bridgehead atoms. The molecule has 2 aromatic heterocycles. The molecule has 0 saturated heterocycles. The molecule has 63 heavy (non-hydrogen) atoms. The SMILES string of the molecule is Cc1c(CC(=O)c2nc3c(n2C)CCN(CC24CCC(C(=O)O)(CC2)C4)C3)cccc1-c1cccc(NC(=O)c2nc3c(n2C)CCN(CCC24CCC(C(=O)O)(CC2)C4)C3)c1C. The summed E-state index contributed by atoms with van der Waals surface area (Å²) in [7, 11) is 3.87. The molecule has 4 saturated carbocycles. The minimum absolute atomic E-state index is 0.0251. The summed E-state index contributed by atoms with van der Waals surface area (Å²) in [4.78, 5) is 66.7. The van der Waals surface area contributed by atoms with E-state index in [1.165, 1.54) is 0 Å². The highest BCUT2D eigenvalue weighted by Gasteiger charge is 2.59. The van der Waals surface area contributed by atoms with E-state index < -0.39 is 22.8 Å². The number of aromatic nitrogens is 4. The molecule has 4 aliphatic carbocycles. The first-order chi connectivity index (χ1) is 30.1. The third kappa shape index (κ3) is 7.04. The lowest BCUT2D eigenvalue weighted by Gasteiger charge is -2.35. The molecule has 13 heteroatoms. The third-order valence-corrected chi connectivity index (χ3v) is 17.2. The molecule has 2 aliphatic heterocycles. The molecular weight excluding hydrogens is 795 g/mol. The van der Waals surface area contributed by atoms with Crippen molar-refractivity contribution in [1.29, 1.82) is 0 Å². The maximum Gasteiger partial charge on any atom is 0.309 e. The van der Waals surface area contributed by atoms with Gasteiger partial charge in [-0.25, -0.2) is 9.97 Å². The van der Waals surface area contributed by atoms with Gasteiger partial charge < -0.3 is 24.7 Å². The van der Waals surface area contributed by atoms with Crippen LogP contribution in [-0.2, 0) is 56.0 Å². The summed E-state index contributed by atoms with van der Waals surface area (Å²) in [5, 5.41) is 22.9. The second-order valence-electron chi connectivity index (χ2n) is 20.7. The zero-order chi connectivity index (χ0) is 44.1. The number of carboxylic acids is 2. The van der Waals surface area contributed by atoms with Gasteiger partial charge in [-0.1, -0.05) is 30.3 Å². The minimum atomic E-state index is -0.630. The molecule has 4 heterocycles. The molecule has 10 rings (SSSR count). The van der Waals surface area contributed by atoms with Crippen LogP contribution < -0.4 is 5.32 Å². The van der Waals surface area contributed by atoms with Crippen LogP contribution in [0.4, 0.5) is 5.69 Å². The van der Waals surface area contributed by atoms with E-state index in [4.69, 9.17) is 9.97 Å². The second-order valence-corrected chi connectivity index (χ2v) is 20.7. The van der Waals surface area contributed by atoms with Gasteiger partial charge in [0.05, 0.1) is 22.2 Å². The average Bonchev–Trinajstić information content (AvgIpc) is 4.13. The maximum absolute atomic E-state index is 14.0. The quantitative estimate of drug-likeness (QED) is 0.117. The van der Waals surface area contributed by atoms with Crippen LogP contribution in [0.1, 0.15) is 131 Å². The number of hydrogen-bond acceptors (Lipinski definition) is 8. The second kappa shape index (κ2) is 15.3. The highest BCUT2D eigenvalue weighted by atomic mass is 16.4. The van der Waals surface area contributed by atoms with E-state index in [0.29, 0.717) is 30.4 Å². The monoisotopic (exact) mass is 855 g/mol. The van der Waals surface area contributed by atoms with Crippen LogP contribution in [0, 0.1) is 35.5 Å². The Bertz CT molecular complexity index is 2550. The Balaban J connectivity index is 0.791. The number of Topliss-reactive ketones (excluding diaryl/α,β-unsaturated/α-hetero) is 1. The minimum Gasteiger partial charge on any atom is -0.481 e. The van der Waals surface area contributed by atoms with Crippen molar-refractivity contribution in [3.63, 3.8) is 0 Å². The van der Waals surface area contributed by atoms with E-state index in [0.717, 1.165) is 160 Å². The van der Waals surface area contributed by atoms with Crippen LogP contribution in [0.3, 0.4) is 0 Å². The Kier molecular flexibility index (Phi) is 10.1. The number of carboxylic acid groups (broad SMARTS) is 2. The molecule has 4 fully saturated rings. The van der Waals surface area contributed by atoms with Gasteiger partial charge in [-0.05, 0) is 136 Å². The zero-order valence-corrected chi connectivity index (χ0v) is 37.3. The molecule has 0 unspecified atom stereocenters. The van der Waals surface area contributed by atoms with Crippen LogP contribution in [0.5, 0.6) is 0 Å². The van der Waals surface area contributed by atoms with Gasteiger partial charge in [0.1, 0.15) is 0 Å². The summed E-state index contributed by atoms with van der Waals surface area (Å²) < 4.78 is 3.92. The molecule has 1 amide bonds. The lowest BCUT2D eigenvalue weighted by Crippen LogP contribution is -2.39. The van der Waals surface area contributed by atoms with Crippen molar-refractivity contribution >= 4 is 29.3 Å². The Morgan fingerprint density at radius 2 is 1.22 bits per heavy atom. The molecular formula is C50H61N7O6. The highest BCUT2D eigenvalue weighted by Crippen LogP contribution is 2.63. The van der Waals surface area contributed by atoms with E-state index in [-0.39, 0.29) is 28.9 Å². The summed E-state index contributed by atoms with van der Waals surface area (Å²) in [6.45, 7) is 9.01. The van der Waals surface area contributed by atoms with E-state index in [2.05, 4.69) is 34.2 Å². The zero-order valence-electron chi connectivity index (χ0n) is 37.3. The number of hydrogen-bond donors (Lipinski definition) is 3. The molecule has 0 spiro atoms. The van der Waals surface area contributed by atoms with Gasteiger partial charge in [0, 0.05) is 83.2 Å². The van der Waals surface area contributed by atoms with Gasteiger partial charge in [0.2, 0.25) is 5.78 Å². The first-order valence-electron chi connectivity index (χ1n) is 23.2. The maximum atomic E-state index is 14.0. The van der Waals surface area contributed by atoms with Crippen molar-refractivity contribution in [3.8, 4) is 11.1 Å². The third-order valence-electron chi connectivity index (χ3n) is 17.2. The number of fused-ring (bicyclic) bond motifs is 6. The normalized spacial score (nSPS) is 27.4. The van der Waals surface area contributed by atoms with Gasteiger partial charge in [0.25, 0.3) is 5.91 Å². The predicted octanol–water partition coefficient (Wildman–Crippen LogP) is 7.29. The molecule has 6 aliphatic rings. The topological polar surface area (TPSA) is 163 Å². The van der Waals surface area contributed by atoms with Gasteiger partial charge in [-0.2, -0.15) is 0 Å². The number of ketones is 1. The van der Waals surface area contributed by atoms with Gasteiger partial charge in [-0.3, -0.25) is 29.0 Å². The first kappa shape index (κ1) is 41.8. The molecule has 332 valence electrons. The van der Waals surface area contributed by atoms with Crippen LogP contribution in [0.15, 0.2) is 36.4 Å². The number of anilines is 1. The van der Waals surface area contributed by atoms with E-state index in [1.807, 2.05) is 54.4 Å². The van der Waals surface area contributed by atoms with Crippen molar-refractivity contribution < 1.29 is 29.4 Å².